The van der Waals surface area contributed by atoms with Crippen molar-refractivity contribution in [3.8, 4) is 6.07 Å². The second kappa shape index (κ2) is 6.28. The lowest BCUT2D eigenvalue weighted by molar-refractivity contribution is 0.364. The largest absolute Gasteiger partial charge is 0.384 e. The molecule has 0 saturated carbocycles. The molecule has 17 heavy (non-hydrogen) atoms. The Balaban J connectivity index is 2.61. The summed E-state index contributed by atoms with van der Waals surface area (Å²) in [5, 5.41) is 12.7. The Hall–Kier alpha value is -0.720. The van der Waals surface area contributed by atoms with Crippen molar-refractivity contribution in [3.63, 3.8) is 0 Å². The number of hydrogen-bond donors (Lipinski definition) is 1. The van der Waals surface area contributed by atoms with Crippen LogP contribution in [-0.4, -0.2) is 6.54 Å². The van der Waals surface area contributed by atoms with Crippen LogP contribution in [0, 0.1) is 16.7 Å². The van der Waals surface area contributed by atoms with E-state index >= 15 is 0 Å². The fraction of sp³-hybridized carbons (Fsp3) is 0.462. The third kappa shape index (κ3) is 4.57. The third-order valence-corrected chi connectivity index (χ3v) is 4.02. The summed E-state index contributed by atoms with van der Waals surface area (Å²) in [6, 6.07) is 7.93. The molecule has 1 aromatic carbocycles. The molecule has 0 bridgehead atoms. The minimum Gasteiger partial charge on any atom is -0.384 e. The molecule has 92 valence electrons. The monoisotopic (exact) mass is 314 g/mol. The predicted molar refractivity (Wildman–Crippen MR) is 76.3 cm³/mol. The van der Waals surface area contributed by atoms with Gasteiger partial charge in [-0.1, -0.05) is 31.5 Å². The van der Waals surface area contributed by atoms with Crippen LogP contribution in [-0.2, 0) is 0 Å². The van der Waals surface area contributed by atoms with Gasteiger partial charge in [0, 0.05) is 18.7 Å². The van der Waals surface area contributed by atoms with Crippen molar-refractivity contribution >= 4 is 33.2 Å². The molecule has 0 unspecified atom stereocenters. The molecule has 1 aromatic rings. The van der Waals surface area contributed by atoms with E-state index in [0.29, 0.717) is 11.4 Å². The van der Waals surface area contributed by atoms with E-state index in [-0.39, 0.29) is 5.41 Å². The second-order valence-electron chi connectivity index (χ2n) is 4.78. The van der Waals surface area contributed by atoms with Crippen molar-refractivity contribution in [2.45, 2.75) is 26.7 Å². The normalized spacial score (nSPS) is 11.0. The first-order valence-electron chi connectivity index (χ1n) is 5.51. The molecule has 0 aliphatic rings. The molecular weight excluding hydrogens is 300 g/mol. The maximum atomic E-state index is 8.60. The average Bonchev–Trinajstić information content (AvgIpc) is 2.29. The quantitative estimate of drug-likeness (QED) is 0.843. The third-order valence-electron chi connectivity index (χ3n) is 2.62. The topological polar surface area (TPSA) is 35.8 Å². The zero-order chi connectivity index (χ0) is 12.9. The highest BCUT2D eigenvalue weighted by Gasteiger charge is 2.17. The summed E-state index contributed by atoms with van der Waals surface area (Å²) >= 11 is 9.47. The van der Waals surface area contributed by atoms with E-state index in [0.717, 1.165) is 23.1 Å². The zero-order valence-electron chi connectivity index (χ0n) is 10.1. The Morgan fingerprint density at radius 2 is 2.18 bits per heavy atom. The van der Waals surface area contributed by atoms with Gasteiger partial charge in [-0.3, -0.25) is 0 Å². The fourth-order valence-corrected chi connectivity index (χ4v) is 2.04. The molecule has 0 aliphatic carbocycles. The van der Waals surface area contributed by atoms with Crippen LogP contribution in [0.4, 0.5) is 5.69 Å². The Bertz CT molecular complexity index is 424. The van der Waals surface area contributed by atoms with Crippen LogP contribution in [0.5, 0.6) is 0 Å². The van der Waals surface area contributed by atoms with Gasteiger partial charge in [-0.2, -0.15) is 5.26 Å². The predicted octanol–water partition coefficient (Wildman–Crippen LogP) is 4.84. The second-order valence-corrected chi connectivity index (χ2v) is 5.98. The first kappa shape index (κ1) is 14.3. The van der Waals surface area contributed by atoms with Gasteiger partial charge in [-0.25, -0.2) is 0 Å². The number of halogens is 2. The highest BCUT2D eigenvalue weighted by molar-refractivity contribution is 9.10. The molecule has 2 nitrogen and oxygen atoms in total. The van der Waals surface area contributed by atoms with Crippen LogP contribution in [0.25, 0.3) is 0 Å². The number of nitrogens with one attached hydrogen (secondary N) is 1. The molecule has 0 aliphatic heterocycles. The number of hydrogen-bond acceptors (Lipinski definition) is 2. The van der Waals surface area contributed by atoms with Gasteiger partial charge >= 0.3 is 0 Å². The maximum Gasteiger partial charge on any atom is 0.0621 e. The summed E-state index contributed by atoms with van der Waals surface area (Å²) in [4.78, 5) is 0. The molecular formula is C13H16BrClN2. The van der Waals surface area contributed by atoms with Crippen molar-refractivity contribution < 1.29 is 0 Å². The van der Waals surface area contributed by atoms with Crippen molar-refractivity contribution in [1.29, 1.82) is 5.26 Å². The summed E-state index contributed by atoms with van der Waals surface area (Å²) in [6.07, 6.45) is 1.47. The van der Waals surface area contributed by atoms with E-state index in [9.17, 15) is 0 Å². The molecule has 0 spiro atoms. The molecule has 0 atom stereocenters. The van der Waals surface area contributed by atoms with Gasteiger partial charge in [0.15, 0.2) is 0 Å². The fourth-order valence-electron chi connectivity index (χ4n) is 1.46. The van der Waals surface area contributed by atoms with Gasteiger partial charge in [-0.15, -0.1) is 0 Å². The smallest absolute Gasteiger partial charge is 0.0621 e. The summed E-state index contributed by atoms with van der Waals surface area (Å²) in [7, 11) is 0. The SMILES string of the molecule is CC(C)(CCC#N)CNc1cccc(Cl)c1Br. The van der Waals surface area contributed by atoms with E-state index < -0.39 is 0 Å². The first-order valence-corrected chi connectivity index (χ1v) is 6.68. The van der Waals surface area contributed by atoms with Crippen LogP contribution < -0.4 is 5.32 Å². The first-order chi connectivity index (χ1) is 7.96. The Morgan fingerprint density at radius 3 is 2.82 bits per heavy atom. The highest BCUT2D eigenvalue weighted by atomic mass is 79.9. The van der Waals surface area contributed by atoms with Gasteiger partial charge in [0.1, 0.15) is 0 Å². The lowest BCUT2D eigenvalue weighted by Gasteiger charge is -2.24. The number of nitrogens with zero attached hydrogens (tertiary/aromatic N) is 1. The molecule has 0 saturated heterocycles. The summed E-state index contributed by atoms with van der Waals surface area (Å²) in [5.41, 5.74) is 1.08. The molecule has 1 rings (SSSR count). The zero-order valence-corrected chi connectivity index (χ0v) is 12.4. The summed E-state index contributed by atoms with van der Waals surface area (Å²) in [5.74, 6) is 0. The lowest BCUT2D eigenvalue weighted by atomic mass is 9.88. The Morgan fingerprint density at radius 1 is 1.47 bits per heavy atom. The van der Waals surface area contributed by atoms with E-state index in [1.807, 2.05) is 18.2 Å². The van der Waals surface area contributed by atoms with E-state index in [1.54, 1.807) is 0 Å². The molecule has 1 N–H and O–H groups in total. The van der Waals surface area contributed by atoms with Crippen LogP contribution in [0.15, 0.2) is 22.7 Å². The van der Waals surface area contributed by atoms with Crippen molar-refractivity contribution in [3.05, 3.63) is 27.7 Å². The van der Waals surface area contributed by atoms with Crippen LogP contribution in [0.2, 0.25) is 5.02 Å². The van der Waals surface area contributed by atoms with Crippen LogP contribution in [0.1, 0.15) is 26.7 Å². The van der Waals surface area contributed by atoms with E-state index in [2.05, 4.69) is 41.2 Å². The number of rotatable bonds is 5. The van der Waals surface area contributed by atoms with E-state index in [1.165, 1.54) is 0 Å². The van der Waals surface area contributed by atoms with Gasteiger partial charge in [-0.05, 0) is 39.9 Å². The van der Waals surface area contributed by atoms with Gasteiger partial charge in [0.2, 0.25) is 0 Å². The van der Waals surface area contributed by atoms with Gasteiger partial charge < -0.3 is 5.32 Å². The minimum absolute atomic E-state index is 0.0947. The molecule has 0 aromatic heterocycles. The maximum absolute atomic E-state index is 8.60. The Kier molecular flexibility index (Phi) is 5.30. The Labute approximate surface area is 116 Å². The summed E-state index contributed by atoms with van der Waals surface area (Å²) in [6.45, 7) is 5.11. The van der Waals surface area contributed by atoms with Crippen molar-refractivity contribution in [2.75, 3.05) is 11.9 Å². The minimum atomic E-state index is 0.0947. The lowest BCUT2D eigenvalue weighted by Crippen LogP contribution is -2.23. The number of anilines is 1. The average molecular weight is 316 g/mol. The van der Waals surface area contributed by atoms with Gasteiger partial charge in [0.25, 0.3) is 0 Å². The molecule has 4 heteroatoms. The highest BCUT2D eigenvalue weighted by Crippen LogP contribution is 2.31. The molecule has 0 amide bonds. The number of nitriles is 1. The van der Waals surface area contributed by atoms with Crippen LogP contribution in [0.3, 0.4) is 0 Å². The molecule has 0 radical (unpaired) electrons. The number of benzene rings is 1. The van der Waals surface area contributed by atoms with Crippen molar-refractivity contribution in [2.24, 2.45) is 5.41 Å². The molecule has 0 fully saturated rings. The van der Waals surface area contributed by atoms with Crippen molar-refractivity contribution in [1.82, 2.24) is 0 Å². The van der Waals surface area contributed by atoms with E-state index in [4.69, 9.17) is 16.9 Å². The van der Waals surface area contributed by atoms with Crippen LogP contribution >= 0.6 is 27.5 Å². The molecule has 0 heterocycles. The summed E-state index contributed by atoms with van der Waals surface area (Å²) < 4.78 is 0.887. The van der Waals surface area contributed by atoms with Gasteiger partial charge in [0.05, 0.1) is 15.6 Å². The standard InChI is InChI=1S/C13H16BrClN2/c1-13(2,7-4-8-16)9-17-11-6-3-5-10(15)12(11)14/h3,5-6,17H,4,7,9H2,1-2H3.